The van der Waals surface area contributed by atoms with Crippen molar-refractivity contribution in [3.63, 3.8) is 0 Å². The zero-order chi connectivity index (χ0) is 20.7. The number of halogens is 1. The summed E-state index contributed by atoms with van der Waals surface area (Å²) < 4.78 is 0.700. The van der Waals surface area contributed by atoms with Gasteiger partial charge < -0.3 is 26.4 Å². The van der Waals surface area contributed by atoms with Gasteiger partial charge in [0.25, 0.3) is 5.91 Å². The first-order valence-corrected chi connectivity index (χ1v) is 9.77. The van der Waals surface area contributed by atoms with Crippen molar-refractivity contribution in [2.45, 2.75) is 12.5 Å². The van der Waals surface area contributed by atoms with E-state index in [1.807, 2.05) is 41.6 Å². The van der Waals surface area contributed by atoms with Crippen LogP contribution in [0.3, 0.4) is 0 Å². The van der Waals surface area contributed by atoms with Crippen LogP contribution in [0.15, 0.2) is 36.5 Å². The number of hydrogen-bond acceptors (Lipinski definition) is 6. The molecule has 28 heavy (non-hydrogen) atoms. The highest BCUT2D eigenvalue weighted by atomic mass is 131. The van der Waals surface area contributed by atoms with Crippen molar-refractivity contribution < 1.29 is 14.7 Å². The fourth-order valence-corrected chi connectivity index (χ4v) is 2.92. The van der Waals surface area contributed by atoms with E-state index in [1.165, 1.54) is 6.20 Å². The molecular formula is C19H24IN5O3. The number of hydrogen-bond donors (Lipinski definition) is 4. The lowest BCUT2D eigenvalue weighted by molar-refractivity contribution is -0.117. The van der Waals surface area contributed by atoms with E-state index in [0.29, 0.717) is 22.2 Å². The van der Waals surface area contributed by atoms with Crippen molar-refractivity contribution in [2.75, 3.05) is 32.5 Å². The lowest BCUT2D eigenvalue weighted by Crippen LogP contribution is -2.37. The number of nitrogens with one attached hydrogen (secondary N) is 2. The van der Waals surface area contributed by atoms with Gasteiger partial charge in [-0.3, -0.25) is 9.59 Å². The van der Waals surface area contributed by atoms with E-state index < -0.39 is 6.04 Å². The molecule has 0 bridgehead atoms. The average molecular weight is 501 g/mol. The second-order valence-corrected chi connectivity index (χ2v) is 7.74. The van der Waals surface area contributed by atoms with E-state index in [0.717, 1.165) is 12.1 Å². The summed E-state index contributed by atoms with van der Waals surface area (Å²) in [6.07, 6.45) is 1.76. The molecule has 1 aromatic carbocycles. The quantitative estimate of drug-likeness (QED) is 0.404. The monoisotopic (exact) mass is 501 g/mol. The molecule has 2 amide bonds. The van der Waals surface area contributed by atoms with Gasteiger partial charge in [-0.25, -0.2) is 4.98 Å². The molecule has 0 fully saturated rings. The molecule has 0 saturated heterocycles. The fraction of sp³-hybridized carbons (Fsp3) is 0.316. The summed E-state index contributed by atoms with van der Waals surface area (Å²) in [6.45, 7) is 1.26. The number of phenolic OH excluding ortho intramolecular Hbond substituents is 1. The maximum atomic E-state index is 12.3. The fourth-order valence-electron chi connectivity index (χ4n) is 2.34. The van der Waals surface area contributed by atoms with Gasteiger partial charge in [-0.1, -0.05) is 6.07 Å². The van der Waals surface area contributed by atoms with E-state index in [4.69, 9.17) is 5.73 Å². The predicted molar refractivity (Wildman–Crippen MR) is 116 cm³/mol. The van der Waals surface area contributed by atoms with Crippen LogP contribution in [0.25, 0.3) is 0 Å². The van der Waals surface area contributed by atoms with Gasteiger partial charge in [0.05, 0.1) is 21.5 Å². The second kappa shape index (κ2) is 10.3. The van der Waals surface area contributed by atoms with E-state index in [2.05, 4.69) is 15.6 Å². The number of amides is 2. The number of likely N-dealkylation sites (N-methyl/N-ethyl adjacent to an activating group) is 1. The number of phenols is 1. The first kappa shape index (κ1) is 22.1. The number of anilines is 1. The van der Waals surface area contributed by atoms with Gasteiger partial charge >= 0.3 is 0 Å². The molecule has 0 spiro atoms. The minimum Gasteiger partial charge on any atom is -0.507 e. The molecule has 0 unspecified atom stereocenters. The Morgan fingerprint density at radius 2 is 2.04 bits per heavy atom. The topological polar surface area (TPSA) is 121 Å². The molecule has 9 heteroatoms. The van der Waals surface area contributed by atoms with Gasteiger partial charge in [0, 0.05) is 13.1 Å². The Bertz CT molecular complexity index is 827. The highest BCUT2D eigenvalue weighted by Gasteiger charge is 2.16. The molecule has 8 nitrogen and oxygen atoms in total. The lowest BCUT2D eigenvalue weighted by Gasteiger charge is -2.13. The lowest BCUT2D eigenvalue weighted by atomic mass is 10.1. The maximum absolute atomic E-state index is 12.3. The average Bonchev–Trinajstić information content (AvgIpc) is 2.65. The Morgan fingerprint density at radius 3 is 2.64 bits per heavy atom. The Labute approximate surface area is 177 Å². The van der Waals surface area contributed by atoms with E-state index in [-0.39, 0.29) is 23.3 Å². The summed E-state index contributed by atoms with van der Waals surface area (Å²) in [6, 6.07) is 7.50. The molecule has 0 radical (unpaired) electrons. The van der Waals surface area contributed by atoms with Crippen LogP contribution in [-0.4, -0.2) is 60.0 Å². The van der Waals surface area contributed by atoms with Crippen LogP contribution in [0.1, 0.15) is 16.1 Å². The maximum Gasteiger partial charge on any atom is 0.269 e. The molecule has 1 aromatic heterocycles. The Morgan fingerprint density at radius 1 is 1.29 bits per heavy atom. The SMILES string of the molecule is CN(C)CCNC(=O)c1ccc(NC(=O)[C@@H](N)Cc2ccc(O)c([131I])c2)cn1. The number of benzene rings is 1. The third-order valence-electron chi connectivity index (χ3n) is 3.91. The molecule has 1 heterocycles. The van der Waals surface area contributed by atoms with Crippen molar-refractivity contribution in [1.29, 1.82) is 0 Å². The first-order chi connectivity index (χ1) is 13.3. The molecule has 0 aliphatic heterocycles. The second-order valence-electron chi connectivity index (χ2n) is 6.58. The normalized spacial score (nSPS) is 11.9. The van der Waals surface area contributed by atoms with E-state index in [9.17, 15) is 14.7 Å². The minimum atomic E-state index is -0.755. The van der Waals surface area contributed by atoms with Crippen LogP contribution in [0.4, 0.5) is 5.69 Å². The Hall–Kier alpha value is -2.24. The van der Waals surface area contributed by atoms with Crippen LogP contribution >= 0.6 is 22.6 Å². The van der Waals surface area contributed by atoms with Gasteiger partial charge in [0.1, 0.15) is 11.4 Å². The third kappa shape index (κ3) is 6.73. The summed E-state index contributed by atoms with van der Waals surface area (Å²) in [4.78, 5) is 30.3. The van der Waals surface area contributed by atoms with Crippen LogP contribution in [0, 0.1) is 3.57 Å². The minimum absolute atomic E-state index is 0.194. The van der Waals surface area contributed by atoms with Crippen LogP contribution in [-0.2, 0) is 11.2 Å². The van der Waals surface area contributed by atoms with Crippen LogP contribution in [0.2, 0.25) is 0 Å². The molecule has 2 rings (SSSR count). The zero-order valence-electron chi connectivity index (χ0n) is 15.8. The standard InChI is InChI=1S/C19H24IN5O3/c1-25(2)8-7-22-19(28)16-5-4-13(11-23-16)24-18(27)15(21)10-12-3-6-17(26)14(20)9-12/h3-6,9,11,15,26H,7-8,10,21H2,1-2H3,(H,22,28)(H,24,27)/t15-/m0/s1/i20+4. The number of nitrogens with two attached hydrogens (primary N) is 1. The highest BCUT2D eigenvalue weighted by Crippen LogP contribution is 2.21. The molecule has 0 aliphatic carbocycles. The van der Waals surface area contributed by atoms with Gasteiger partial charge in [-0.05, 0) is 72.9 Å². The number of carbonyl (C=O) groups excluding carboxylic acids is 2. The molecule has 0 saturated carbocycles. The largest absolute Gasteiger partial charge is 0.507 e. The predicted octanol–water partition coefficient (Wildman–Crippen LogP) is 1.19. The van der Waals surface area contributed by atoms with Crippen molar-refractivity contribution in [3.8, 4) is 5.75 Å². The van der Waals surface area contributed by atoms with Gasteiger partial charge in [-0.15, -0.1) is 0 Å². The number of pyridine rings is 1. The molecule has 5 N–H and O–H groups in total. The number of carbonyl (C=O) groups is 2. The number of aromatic nitrogens is 1. The number of rotatable bonds is 8. The van der Waals surface area contributed by atoms with E-state index >= 15 is 0 Å². The summed E-state index contributed by atoms with van der Waals surface area (Å²) in [7, 11) is 3.85. The third-order valence-corrected chi connectivity index (χ3v) is 4.78. The Balaban J connectivity index is 1.89. The van der Waals surface area contributed by atoms with Gasteiger partial charge in [0.2, 0.25) is 5.91 Å². The van der Waals surface area contributed by atoms with E-state index in [1.54, 1.807) is 30.3 Å². The van der Waals surface area contributed by atoms with Crippen LogP contribution < -0.4 is 16.4 Å². The number of nitrogens with zero attached hydrogens (tertiary/aromatic N) is 2. The van der Waals surface area contributed by atoms with Crippen LogP contribution in [0.5, 0.6) is 5.75 Å². The first-order valence-electron chi connectivity index (χ1n) is 8.69. The smallest absolute Gasteiger partial charge is 0.269 e. The van der Waals surface area contributed by atoms with Crippen molar-refractivity contribution >= 4 is 40.1 Å². The highest BCUT2D eigenvalue weighted by molar-refractivity contribution is 14.1. The van der Waals surface area contributed by atoms with Crippen molar-refractivity contribution in [2.24, 2.45) is 5.73 Å². The van der Waals surface area contributed by atoms with Crippen molar-refractivity contribution in [1.82, 2.24) is 15.2 Å². The summed E-state index contributed by atoms with van der Waals surface area (Å²) in [5.41, 5.74) is 7.57. The summed E-state index contributed by atoms with van der Waals surface area (Å²) >= 11 is 2.02. The summed E-state index contributed by atoms with van der Waals surface area (Å²) in [5, 5.41) is 15.0. The number of aromatic hydroxyl groups is 1. The zero-order valence-corrected chi connectivity index (χ0v) is 17.9. The van der Waals surface area contributed by atoms with Crippen molar-refractivity contribution in [3.05, 3.63) is 51.4 Å². The molecule has 1 atom stereocenters. The van der Waals surface area contributed by atoms with Gasteiger partial charge in [0.15, 0.2) is 0 Å². The van der Waals surface area contributed by atoms with Gasteiger partial charge in [-0.2, -0.15) is 0 Å². The summed E-state index contributed by atoms with van der Waals surface area (Å²) in [5.74, 6) is -0.425. The molecule has 0 aliphatic rings. The Kier molecular flexibility index (Phi) is 8.15. The molecule has 2 aromatic rings. The molecular weight excluding hydrogens is 477 g/mol. The molecule has 150 valence electrons.